The number of hydrogen-bond donors (Lipinski definition) is 2. The summed E-state index contributed by atoms with van der Waals surface area (Å²) in [7, 11) is 0. The van der Waals surface area contributed by atoms with Gasteiger partial charge in [-0.25, -0.2) is 4.39 Å². The summed E-state index contributed by atoms with van der Waals surface area (Å²) >= 11 is 11.3. The molecular formula is C21H18ClFN6S. The molecule has 0 bridgehead atoms. The lowest BCUT2D eigenvalue weighted by Gasteiger charge is -2.06. The first-order chi connectivity index (χ1) is 14.5. The van der Waals surface area contributed by atoms with Crippen LogP contribution in [0, 0.1) is 5.82 Å². The number of aromatic nitrogens is 4. The average Bonchev–Trinajstić information content (AvgIpc) is 3.33. The van der Waals surface area contributed by atoms with E-state index in [9.17, 15) is 4.39 Å². The molecule has 4 aromatic rings. The maximum atomic E-state index is 13.3. The van der Waals surface area contributed by atoms with Gasteiger partial charge in [-0.05, 0) is 47.6 Å². The van der Waals surface area contributed by atoms with E-state index in [1.807, 2.05) is 47.3 Å². The van der Waals surface area contributed by atoms with Crippen molar-refractivity contribution < 1.29 is 4.39 Å². The molecule has 4 rings (SSSR count). The van der Waals surface area contributed by atoms with Gasteiger partial charge in [0.1, 0.15) is 5.82 Å². The van der Waals surface area contributed by atoms with Gasteiger partial charge in [0.25, 0.3) is 0 Å². The van der Waals surface area contributed by atoms with E-state index < -0.39 is 0 Å². The lowest BCUT2D eigenvalue weighted by Crippen LogP contribution is -2.20. The second kappa shape index (κ2) is 9.06. The SMILES string of the molecule is Fc1cccc(Cn2ccc(NC(=S)Nc3ccn(Cc4ccc(Cl)cc4)n3)n2)c1. The Morgan fingerprint density at radius 2 is 1.47 bits per heavy atom. The number of benzene rings is 2. The Hall–Kier alpha value is -3.23. The minimum Gasteiger partial charge on any atom is -0.316 e. The summed E-state index contributed by atoms with van der Waals surface area (Å²) in [6.45, 7) is 1.10. The number of anilines is 2. The fourth-order valence-electron chi connectivity index (χ4n) is 2.90. The van der Waals surface area contributed by atoms with Crippen molar-refractivity contribution in [1.29, 1.82) is 0 Å². The van der Waals surface area contributed by atoms with Gasteiger partial charge in [-0.3, -0.25) is 9.36 Å². The highest BCUT2D eigenvalue weighted by atomic mass is 35.5. The number of nitrogens with one attached hydrogen (secondary N) is 2. The van der Waals surface area contributed by atoms with Crippen LogP contribution in [0.25, 0.3) is 0 Å². The van der Waals surface area contributed by atoms with Crippen LogP contribution in [0.2, 0.25) is 5.02 Å². The van der Waals surface area contributed by atoms with Gasteiger partial charge in [0.2, 0.25) is 0 Å². The zero-order chi connectivity index (χ0) is 20.9. The van der Waals surface area contributed by atoms with E-state index in [1.165, 1.54) is 12.1 Å². The topological polar surface area (TPSA) is 59.7 Å². The molecule has 0 saturated carbocycles. The molecule has 152 valence electrons. The zero-order valence-corrected chi connectivity index (χ0v) is 17.4. The fourth-order valence-corrected chi connectivity index (χ4v) is 3.23. The summed E-state index contributed by atoms with van der Waals surface area (Å²) < 4.78 is 16.8. The Kier molecular flexibility index (Phi) is 6.06. The first-order valence-corrected chi connectivity index (χ1v) is 9.96. The van der Waals surface area contributed by atoms with Crippen molar-refractivity contribution in [3.63, 3.8) is 0 Å². The number of halogens is 2. The molecule has 2 aromatic heterocycles. The molecule has 0 aliphatic rings. The summed E-state index contributed by atoms with van der Waals surface area (Å²) in [6.07, 6.45) is 3.67. The Morgan fingerprint density at radius 3 is 2.07 bits per heavy atom. The molecule has 0 saturated heterocycles. The van der Waals surface area contributed by atoms with Crippen molar-refractivity contribution in [2.75, 3.05) is 10.6 Å². The summed E-state index contributed by atoms with van der Waals surface area (Å²) in [5.41, 5.74) is 1.93. The third-order valence-electron chi connectivity index (χ3n) is 4.26. The number of hydrogen-bond acceptors (Lipinski definition) is 3. The number of rotatable bonds is 6. The molecule has 0 atom stereocenters. The fraction of sp³-hybridized carbons (Fsp3) is 0.0952. The van der Waals surface area contributed by atoms with Crippen LogP contribution in [-0.2, 0) is 13.1 Å². The lowest BCUT2D eigenvalue weighted by molar-refractivity contribution is 0.619. The molecule has 0 aliphatic heterocycles. The average molecular weight is 441 g/mol. The predicted molar refractivity (Wildman–Crippen MR) is 120 cm³/mol. The van der Waals surface area contributed by atoms with E-state index >= 15 is 0 Å². The largest absolute Gasteiger partial charge is 0.316 e. The zero-order valence-electron chi connectivity index (χ0n) is 15.8. The van der Waals surface area contributed by atoms with Crippen LogP contribution >= 0.6 is 23.8 Å². The molecule has 0 unspecified atom stereocenters. The van der Waals surface area contributed by atoms with Crippen molar-refractivity contribution in [3.8, 4) is 0 Å². The standard InChI is InChI=1S/C21H18ClFN6S/c22-17-6-4-15(5-7-17)13-28-10-8-19(26-28)24-21(30)25-20-9-11-29(27-20)14-16-2-1-3-18(23)12-16/h1-12H,13-14H2,(H2,24,25,26,27,30). The van der Waals surface area contributed by atoms with Gasteiger partial charge < -0.3 is 10.6 Å². The Bertz CT molecular complexity index is 1150. The van der Waals surface area contributed by atoms with Gasteiger partial charge in [0.15, 0.2) is 16.7 Å². The minimum absolute atomic E-state index is 0.265. The quantitative estimate of drug-likeness (QED) is 0.423. The van der Waals surface area contributed by atoms with Crippen LogP contribution < -0.4 is 10.6 Å². The van der Waals surface area contributed by atoms with E-state index in [0.717, 1.165) is 11.1 Å². The van der Waals surface area contributed by atoms with Crippen molar-refractivity contribution in [3.05, 3.63) is 95.0 Å². The molecular weight excluding hydrogens is 423 g/mol. The van der Waals surface area contributed by atoms with Gasteiger partial charge in [0.05, 0.1) is 13.1 Å². The Labute approximate surface area is 183 Å². The molecule has 0 radical (unpaired) electrons. The number of thiocarbonyl (C=S) groups is 1. The highest BCUT2D eigenvalue weighted by Gasteiger charge is 2.06. The summed E-state index contributed by atoms with van der Waals surface area (Å²) in [5.74, 6) is 0.948. The molecule has 2 aromatic carbocycles. The van der Waals surface area contributed by atoms with Gasteiger partial charge in [-0.15, -0.1) is 0 Å². The van der Waals surface area contributed by atoms with Crippen molar-refractivity contribution in [1.82, 2.24) is 19.6 Å². The van der Waals surface area contributed by atoms with E-state index in [2.05, 4.69) is 20.8 Å². The van der Waals surface area contributed by atoms with Gasteiger partial charge >= 0.3 is 0 Å². The normalized spacial score (nSPS) is 10.7. The predicted octanol–water partition coefficient (Wildman–Crippen LogP) is 4.78. The monoisotopic (exact) mass is 440 g/mol. The van der Waals surface area contributed by atoms with Crippen molar-refractivity contribution in [2.24, 2.45) is 0 Å². The van der Waals surface area contributed by atoms with E-state index in [4.69, 9.17) is 23.8 Å². The molecule has 0 fully saturated rings. The molecule has 0 amide bonds. The number of nitrogens with zero attached hydrogens (tertiary/aromatic N) is 4. The lowest BCUT2D eigenvalue weighted by atomic mass is 10.2. The van der Waals surface area contributed by atoms with Crippen LogP contribution in [0.3, 0.4) is 0 Å². The van der Waals surface area contributed by atoms with Crippen LogP contribution in [0.15, 0.2) is 73.1 Å². The molecule has 0 spiro atoms. The second-order valence-corrected chi connectivity index (χ2v) is 7.48. The maximum Gasteiger partial charge on any atom is 0.177 e. The highest BCUT2D eigenvalue weighted by Crippen LogP contribution is 2.12. The van der Waals surface area contributed by atoms with Crippen LogP contribution in [-0.4, -0.2) is 24.7 Å². The van der Waals surface area contributed by atoms with E-state index in [0.29, 0.717) is 34.9 Å². The highest BCUT2D eigenvalue weighted by molar-refractivity contribution is 7.80. The van der Waals surface area contributed by atoms with Crippen molar-refractivity contribution in [2.45, 2.75) is 13.1 Å². The van der Waals surface area contributed by atoms with Crippen molar-refractivity contribution >= 4 is 40.6 Å². The first-order valence-electron chi connectivity index (χ1n) is 9.17. The third kappa shape index (κ3) is 5.43. The Morgan fingerprint density at radius 1 is 0.867 bits per heavy atom. The summed E-state index contributed by atoms with van der Waals surface area (Å²) in [5, 5.41) is 16.0. The third-order valence-corrected chi connectivity index (χ3v) is 4.71. The van der Waals surface area contributed by atoms with Gasteiger partial charge in [0, 0.05) is 29.5 Å². The van der Waals surface area contributed by atoms with E-state index in [1.54, 1.807) is 23.0 Å². The molecule has 0 aliphatic carbocycles. The van der Waals surface area contributed by atoms with Crippen LogP contribution in [0.5, 0.6) is 0 Å². The Balaban J connectivity index is 1.31. The van der Waals surface area contributed by atoms with Crippen LogP contribution in [0.4, 0.5) is 16.0 Å². The smallest absolute Gasteiger partial charge is 0.177 e. The maximum absolute atomic E-state index is 13.3. The summed E-state index contributed by atoms with van der Waals surface area (Å²) in [6, 6.07) is 17.7. The van der Waals surface area contributed by atoms with Gasteiger partial charge in [-0.2, -0.15) is 10.2 Å². The molecule has 2 N–H and O–H groups in total. The molecule has 9 heteroatoms. The second-order valence-electron chi connectivity index (χ2n) is 6.63. The van der Waals surface area contributed by atoms with Crippen LogP contribution in [0.1, 0.15) is 11.1 Å². The molecule has 2 heterocycles. The molecule has 30 heavy (non-hydrogen) atoms. The first kappa shape index (κ1) is 20.1. The minimum atomic E-state index is -0.265. The molecule has 6 nitrogen and oxygen atoms in total. The van der Waals surface area contributed by atoms with Gasteiger partial charge in [-0.1, -0.05) is 35.9 Å². The summed E-state index contributed by atoms with van der Waals surface area (Å²) in [4.78, 5) is 0. The van der Waals surface area contributed by atoms with E-state index in [-0.39, 0.29) is 5.82 Å².